The van der Waals surface area contributed by atoms with Gasteiger partial charge in [-0.05, 0) is 24.8 Å². The monoisotopic (exact) mass is 294 g/mol. The van der Waals surface area contributed by atoms with Crippen molar-refractivity contribution in [3.8, 4) is 0 Å². The minimum Gasteiger partial charge on any atom is -0.272 e. The van der Waals surface area contributed by atoms with E-state index in [1.54, 1.807) is 0 Å². The van der Waals surface area contributed by atoms with E-state index in [1.165, 1.54) is 12.1 Å². The van der Waals surface area contributed by atoms with E-state index in [0.717, 1.165) is 11.8 Å². The van der Waals surface area contributed by atoms with Crippen LogP contribution < -0.4 is 5.43 Å². The summed E-state index contributed by atoms with van der Waals surface area (Å²) in [4.78, 5) is 20.3. The number of nitro benzene ring substituents is 2. The van der Waals surface area contributed by atoms with Gasteiger partial charge in [0, 0.05) is 11.8 Å². The number of nitro groups is 2. The van der Waals surface area contributed by atoms with Crippen molar-refractivity contribution in [1.29, 1.82) is 0 Å². The molecule has 0 aliphatic rings. The van der Waals surface area contributed by atoms with Gasteiger partial charge in [-0.15, -0.1) is 0 Å². The second-order valence-electron chi connectivity index (χ2n) is 5.11. The van der Waals surface area contributed by atoms with Crippen LogP contribution in [0.15, 0.2) is 23.3 Å². The van der Waals surface area contributed by atoms with Gasteiger partial charge in [0.2, 0.25) is 0 Å². The van der Waals surface area contributed by atoms with Crippen LogP contribution >= 0.6 is 0 Å². The molecule has 0 saturated heterocycles. The maximum Gasteiger partial charge on any atom is 0.301 e. The van der Waals surface area contributed by atoms with E-state index in [2.05, 4.69) is 24.4 Å². The van der Waals surface area contributed by atoms with E-state index in [0.29, 0.717) is 5.92 Å². The van der Waals surface area contributed by atoms with Crippen LogP contribution in [-0.2, 0) is 0 Å². The highest BCUT2D eigenvalue weighted by Gasteiger charge is 2.19. The number of nitrogens with one attached hydrogen (secondary N) is 1. The van der Waals surface area contributed by atoms with Crippen molar-refractivity contribution in [3.63, 3.8) is 0 Å². The van der Waals surface area contributed by atoms with Gasteiger partial charge in [0.15, 0.2) is 0 Å². The zero-order chi connectivity index (χ0) is 16.2. The summed E-state index contributed by atoms with van der Waals surface area (Å²) in [5.41, 5.74) is 2.84. The Balaban J connectivity index is 3.06. The first-order chi connectivity index (χ1) is 9.73. The van der Waals surface area contributed by atoms with Crippen LogP contribution in [0.4, 0.5) is 17.1 Å². The smallest absolute Gasteiger partial charge is 0.272 e. The van der Waals surface area contributed by atoms with Gasteiger partial charge in [0.1, 0.15) is 5.69 Å². The van der Waals surface area contributed by atoms with Gasteiger partial charge in [-0.3, -0.25) is 25.7 Å². The van der Waals surface area contributed by atoms with Gasteiger partial charge in [-0.1, -0.05) is 20.8 Å². The Morgan fingerprint density at radius 2 is 1.81 bits per heavy atom. The molecule has 0 spiro atoms. The van der Waals surface area contributed by atoms with Gasteiger partial charge in [0.25, 0.3) is 5.69 Å². The Morgan fingerprint density at radius 1 is 1.19 bits per heavy atom. The Morgan fingerprint density at radius 3 is 2.29 bits per heavy atom. The molecule has 1 unspecified atom stereocenters. The van der Waals surface area contributed by atoms with Crippen LogP contribution in [-0.4, -0.2) is 15.6 Å². The number of rotatable bonds is 6. The Labute approximate surface area is 122 Å². The summed E-state index contributed by atoms with van der Waals surface area (Å²) in [5.74, 6) is 0.608. The summed E-state index contributed by atoms with van der Waals surface area (Å²) < 4.78 is 0. The van der Waals surface area contributed by atoms with Crippen molar-refractivity contribution < 1.29 is 9.85 Å². The molecule has 0 fully saturated rings. The first-order valence-electron chi connectivity index (χ1n) is 6.47. The summed E-state index contributed by atoms with van der Waals surface area (Å²) in [6.45, 7) is 7.94. The number of nitrogens with zero attached hydrogens (tertiary/aromatic N) is 3. The third-order valence-electron chi connectivity index (χ3n) is 3.40. The van der Waals surface area contributed by atoms with Crippen molar-refractivity contribution in [2.24, 2.45) is 16.9 Å². The average molecular weight is 294 g/mol. The molecule has 0 aromatic heterocycles. The molecular formula is C13H18N4O4. The number of hydrogen-bond donors (Lipinski definition) is 1. The zero-order valence-electron chi connectivity index (χ0n) is 12.4. The quantitative estimate of drug-likeness (QED) is 0.489. The molecule has 1 aromatic rings. The molecule has 0 amide bonds. The van der Waals surface area contributed by atoms with Crippen LogP contribution in [0.5, 0.6) is 0 Å². The van der Waals surface area contributed by atoms with E-state index >= 15 is 0 Å². The molecule has 1 aromatic carbocycles. The highest BCUT2D eigenvalue weighted by Crippen LogP contribution is 2.29. The van der Waals surface area contributed by atoms with Crippen LogP contribution in [0.2, 0.25) is 0 Å². The predicted molar refractivity (Wildman–Crippen MR) is 80.5 cm³/mol. The highest BCUT2D eigenvalue weighted by atomic mass is 16.6. The molecule has 0 saturated carbocycles. The van der Waals surface area contributed by atoms with Crippen LogP contribution in [0.3, 0.4) is 0 Å². The number of anilines is 1. The van der Waals surface area contributed by atoms with E-state index in [9.17, 15) is 20.2 Å². The van der Waals surface area contributed by atoms with E-state index in [-0.39, 0.29) is 23.0 Å². The van der Waals surface area contributed by atoms with Gasteiger partial charge in [0.05, 0.1) is 15.9 Å². The molecule has 114 valence electrons. The Hall–Kier alpha value is -2.51. The molecule has 0 radical (unpaired) electrons. The normalized spacial score (nSPS) is 13.1. The second kappa shape index (κ2) is 6.78. The fourth-order valence-corrected chi connectivity index (χ4v) is 1.61. The van der Waals surface area contributed by atoms with Crippen molar-refractivity contribution in [1.82, 2.24) is 0 Å². The molecular weight excluding hydrogens is 276 g/mol. The van der Waals surface area contributed by atoms with Crippen LogP contribution in [0.1, 0.15) is 27.7 Å². The van der Waals surface area contributed by atoms with Crippen LogP contribution in [0, 0.1) is 32.1 Å². The van der Waals surface area contributed by atoms with Gasteiger partial charge in [-0.25, -0.2) is 0 Å². The minimum atomic E-state index is -0.675. The third kappa shape index (κ3) is 4.23. The van der Waals surface area contributed by atoms with E-state index < -0.39 is 9.85 Å². The molecule has 0 bridgehead atoms. The van der Waals surface area contributed by atoms with Gasteiger partial charge >= 0.3 is 5.69 Å². The first-order valence-corrected chi connectivity index (χ1v) is 6.47. The number of non-ortho nitro benzene ring substituents is 1. The number of hydrogen-bond acceptors (Lipinski definition) is 6. The molecule has 1 atom stereocenters. The minimum absolute atomic E-state index is 0.126. The third-order valence-corrected chi connectivity index (χ3v) is 3.40. The van der Waals surface area contributed by atoms with Crippen LogP contribution in [0.25, 0.3) is 0 Å². The lowest BCUT2D eigenvalue weighted by Gasteiger charge is -2.15. The molecule has 0 aliphatic carbocycles. The molecule has 1 rings (SSSR count). The fraction of sp³-hybridized carbons (Fsp3) is 0.462. The van der Waals surface area contributed by atoms with Crippen molar-refractivity contribution in [2.75, 3.05) is 5.43 Å². The number of hydrazone groups is 1. The maximum absolute atomic E-state index is 11.0. The standard InChI is InChI=1S/C13H18N4O4/c1-8(2)9(3)10(4)14-15-12-6-5-11(16(18)19)7-13(12)17(20)21/h5-9,15H,1-4H3. The average Bonchev–Trinajstić information content (AvgIpc) is 2.43. The lowest BCUT2D eigenvalue weighted by molar-refractivity contribution is -0.393. The summed E-state index contributed by atoms with van der Waals surface area (Å²) in [6.07, 6.45) is 0. The fourth-order valence-electron chi connectivity index (χ4n) is 1.61. The molecule has 1 N–H and O–H groups in total. The van der Waals surface area contributed by atoms with Crippen molar-refractivity contribution >= 4 is 22.8 Å². The number of benzene rings is 1. The maximum atomic E-state index is 11.0. The topological polar surface area (TPSA) is 111 Å². The largest absolute Gasteiger partial charge is 0.301 e. The predicted octanol–water partition coefficient (Wildman–Crippen LogP) is 3.58. The lowest BCUT2D eigenvalue weighted by Crippen LogP contribution is -2.15. The first kappa shape index (κ1) is 16.5. The molecule has 0 heterocycles. The molecule has 8 nitrogen and oxygen atoms in total. The summed E-state index contributed by atoms with van der Waals surface area (Å²) >= 11 is 0. The van der Waals surface area contributed by atoms with Gasteiger partial charge < -0.3 is 0 Å². The molecule has 21 heavy (non-hydrogen) atoms. The molecule has 8 heteroatoms. The SMILES string of the molecule is CC(=NNc1ccc([N+](=O)[O-])cc1[N+](=O)[O-])C(C)C(C)C. The highest BCUT2D eigenvalue weighted by molar-refractivity contribution is 5.85. The molecule has 0 aliphatic heterocycles. The van der Waals surface area contributed by atoms with Crippen molar-refractivity contribution in [3.05, 3.63) is 38.4 Å². The Bertz CT molecular complexity index is 584. The van der Waals surface area contributed by atoms with Crippen molar-refractivity contribution in [2.45, 2.75) is 27.7 Å². The summed E-state index contributed by atoms with van der Waals surface area (Å²) in [6, 6.07) is 3.40. The summed E-state index contributed by atoms with van der Waals surface area (Å²) in [7, 11) is 0. The summed E-state index contributed by atoms with van der Waals surface area (Å²) in [5, 5.41) is 25.8. The zero-order valence-corrected chi connectivity index (χ0v) is 12.4. The van der Waals surface area contributed by atoms with E-state index in [1.807, 2.05) is 13.8 Å². The van der Waals surface area contributed by atoms with E-state index in [4.69, 9.17) is 0 Å². The van der Waals surface area contributed by atoms with Gasteiger partial charge in [-0.2, -0.15) is 5.10 Å². The lowest BCUT2D eigenvalue weighted by atomic mass is 9.94. The second-order valence-corrected chi connectivity index (χ2v) is 5.11. The Kier molecular flexibility index (Phi) is 5.34.